The molecule has 2 amide bonds. The third-order valence-electron chi connectivity index (χ3n) is 5.33. The van der Waals surface area contributed by atoms with Gasteiger partial charge in [0, 0.05) is 19.6 Å². The predicted molar refractivity (Wildman–Crippen MR) is 75.9 cm³/mol. The summed E-state index contributed by atoms with van der Waals surface area (Å²) in [6.07, 6.45) is 3.12. The summed E-state index contributed by atoms with van der Waals surface area (Å²) < 4.78 is 14.3. The van der Waals surface area contributed by atoms with Crippen molar-refractivity contribution in [3.8, 4) is 0 Å². The van der Waals surface area contributed by atoms with Gasteiger partial charge in [-0.05, 0) is 32.1 Å². The first kappa shape index (κ1) is 14.0. The molecule has 2 atom stereocenters. The summed E-state index contributed by atoms with van der Waals surface area (Å²) in [7, 11) is 0. The van der Waals surface area contributed by atoms with Gasteiger partial charge in [0.15, 0.2) is 17.5 Å². The highest BCUT2D eigenvalue weighted by Gasteiger charge is 2.53. The van der Waals surface area contributed by atoms with E-state index in [1.54, 1.807) is 4.90 Å². The second-order valence-corrected chi connectivity index (χ2v) is 6.76. The molecule has 3 heterocycles. The highest BCUT2D eigenvalue weighted by Crippen LogP contribution is 2.39. The van der Waals surface area contributed by atoms with Crippen LogP contribution in [0.3, 0.4) is 0 Å². The summed E-state index contributed by atoms with van der Waals surface area (Å²) >= 11 is 0. The lowest BCUT2D eigenvalue weighted by atomic mass is 9.81. The molecular formula is C15H20FN3O3. The number of nitrogens with zero attached hydrogens (tertiary/aromatic N) is 3. The van der Waals surface area contributed by atoms with Crippen molar-refractivity contribution >= 4 is 17.5 Å². The van der Waals surface area contributed by atoms with E-state index in [0.29, 0.717) is 31.6 Å². The van der Waals surface area contributed by atoms with Crippen LogP contribution in [0.4, 0.5) is 4.39 Å². The van der Waals surface area contributed by atoms with E-state index in [1.165, 1.54) is 4.90 Å². The summed E-state index contributed by atoms with van der Waals surface area (Å²) in [6.45, 7) is 2.18. The maximum Gasteiger partial charge on any atom is 0.272 e. The van der Waals surface area contributed by atoms with Gasteiger partial charge in [0.2, 0.25) is 0 Å². The third-order valence-corrected chi connectivity index (χ3v) is 5.33. The van der Waals surface area contributed by atoms with E-state index in [0.717, 1.165) is 32.4 Å². The van der Waals surface area contributed by atoms with Crippen LogP contribution in [-0.2, 0) is 14.4 Å². The van der Waals surface area contributed by atoms with E-state index >= 15 is 0 Å². The molecule has 4 rings (SSSR count). The summed E-state index contributed by atoms with van der Waals surface area (Å²) in [5.41, 5.74) is -1.28. The maximum absolute atomic E-state index is 14.3. The van der Waals surface area contributed by atoms with E-state index in [4.69, 9.17) is 4.84 Å². The minimum absolute atomic E-state index is 0.0853. The Morgan fingerprint density at radius 1 is 1.14 bits per heavy atom. The van der Waals surface area contributed by atoms with Crippen molar-refractivity contribution in [3.05, 3.63) is 0 Å². The fourth-order valence-electron chi connectivity index (χ4n) is 3.77. The van der Waals surface area contributed by atoms with E-state index in [1.807, 2.05) is 0 Å². The van der Waals surface area contributed by atoms with Crippen molar-refractivity contribution in [2.75, 3.05) is 26.2 Å². The van der Waals surface area contributed by atoms with Crippen LogP contribution >= 0.6 is 0 Å². The number of oxime groups is 1. The van der Waals surface area contributed by atoms with Crippen molar-refractivity contribution in [2.24, 2.45) is 11.1 Å². The molecule has 0 spiro atoms. The van der Waals surface area contributed by atoms with Crippen LogP contribution in [0.25, 0.3) is 0 Å². The molecule has 0 aromatic heterocycles. The Bertz CT molecular complexity index is 540. The molecule has 1 aliphatic carbocycles. The van der Waals surface area contributed by atoms with Crippen LogP contribution in [0, 0.1) is 5.92 Å². The quantitative estimate of drug-likeness (QED) is 0.755. The zero-order chi connectivity index (χ0) is 15.3. The minimum atomic E-state index is -1.69. The first-order valence-corrected chi connectivity index (χ1v) is 8.10. The monoisotopic (exact) mass is 309 g/mol. The smallest absolute Gasteiger partial charge is 0.272 e. The summed E-state index contributed by atoms with van der Waals surface area (Å²) in [5.74, 6) is -0.733. The van der Waals surface area contributed by atoms with Crippen molar-refractivity contribution in [2.45, 2.75) is 43.9 Å². The zero-order valence-corrected chi connectivity index (χ0v) is 12.5. The molecule has 1 saturated carbocycles. The molecular weight excluding hydrogens is 289 g/mol. The summed E-state index contributed by atoms with van der Waals surface area (Å²) in [4.78, 5) is 33.4. The van der Waals surface area contributed by atoms with E-state index in [2.05, 4.69) is 5.16 Å². The molecule has 0 bridgehead atoms. The largest absolute Gasteiger partial charge is 0.389 e. The van der Waals surface area contributed by atoms with Gasteiger partial charge in [-0.15, -0.1) is 0 Å². The molecule has 0 aromatic carbocycles. The number of hydrogen-bond acceptors (Lipinski definition) is 4. The van der Waals surface area contributed by atoms with Gasteiger partial charge >= 0.3 is 0 Å². The van der Waals surface area contributed by atoms with Gasteiger partial charge < -0.3 is 14.6 Å². The summed E-state index contributed by atoms with van der Waals surface area (Å²) in [6, 6.07) is 0. The molecule has 3 aliphatic heterocycles. The molecule has 120 valence electrons. The Morgan fingerprint density at radius 2 is 1.86 bits per heavy atom. The lowest BCUT2D eigenvalue weighted by Gasteiger charge is -2.35. The molecule has 6 nitrogen and oxygen atoms in total. The molecule has 0 aromatic rings. The average molecular weight is 309 g/mol. The van der Waals surface area contributed by atoms with Crippen molar-refractivity contribution in [3.63, 3.8) is 0 Å². The van der Waals surface area contributed by atoms with Crippen LogP contribution in [0.15, 0.2) is 5.16 Å². The lowest BCUT2D eigenvalue weighted by molar-refractivity contribution is -0.149. The average Bonchev–Trinajstić information content (AvgIpc) is 3.18. The fraction of sp³-hybridized carbons (Fsp3) is 0.800. The second kappa shape index (κ2) is 4.93. The van der Waals surface area contributed by atoms with Gasteiger partial charge in [-0.25, -0.2) is 4.39 Å². The maximum atomic E-state index is 14.3. The lowest BCUT2D eigenvalue weighted by Crippen LogP contribution is -2.50. The predicted octanol–water partition coefficient (Wildman–Crippen LogP) is 0.714. The second-order valence-electron chi connectivity index (χ2n) is 6.76. The number of hydrogen-bond donors (Lipinski definition) is 0. The highest BCUT2D eigenvalue weighted by atomic mass is 19.1. The van der Waals surface area contributed by atoms with Crippen LogP contribution in [0.1, 0.15) is 32.1 Å². The molecule has 0 radical (unpaired) electrons. The van der Waals surface area contributed by atoms with Gasteiger partial charge in [-0.2, -0.15) is 0 Å². The van der Waals surface area contributed by atoms with Gasteiger partial charge in [0.05, 0.1) is 12.5 Å². The van der Waals surface area contributed by atoms with Crippen molar-refractivity contribution < 1.29 is 18.8 Å². The van der Waals surface area contributed by atoms with E-state index < -0.39 is 11.6 Å². The number of fused-ring (bicyclic) bond motifs is 1. The van der Waals surface area contributed by atoms with Crippen molar-refractivity contribution in [1.29, 1.82) is 0 Å². The standard InChI is InChI=1S/C15H20FN3O3/c16-15(4-3-5-15)14(21)19-8-10-11(9-19)22-17-12(10)13(20)18-6-1-2-7-18/h10-11H,1-9H2/t10-,11+/m0/s1. The van der Waals surface area contributed by atoms with E-state index in [-0.39, 0.29) is 17.9 Å². The van der Waals surface area contributed by atoms with Gasteiger partial charge in [-0.1, -0.05) is 5.16 Å². The summed E-state index contributed by atoms with van der Waals surface area (Å²) in [5, 5.41) is 3.95. The molecule has 7 heteroatoms. The minimum Gasteiger partial charge on any atom is -0.389 e. The molecule has 3 fully saturated rings. The van der Waals surface area contributed by atoms with Crippen LogP contribution in [-0.4, -0.2) is 65.3 Å². The van der Waals surface area contributed by atoms with Gasteiger partial charge in [0.1, 0.15) is 0 Å². The normalized spacial score (nSPS) is 32.3. The number of carbonyl (C=O) groups is 2. The number of alkyl halides is 1. The highest BCUT2D eigenvalue weighted by molar-refractivity contribution is 6.40. The first-order chi connectivity index (χ1) is 10.6. The SMILES string of the molecule is O=C(C1=NO[C@@H]2CN(C(=O)C3(F)CCC3)C[C@H]12)N1CCCC1. The fourth-order valence-corrected chi connectivity index (χ4v) is 3.77. The topological polar surface area (TPSA) is 62.2 Å². The molecule has 22 heavy (non-hydrogen) atoms. The van der Waals surface area contributed by atoms with E-state index in [9.17, 15) is 14.0 Å². The third kappa shape index (κ3) is 2.01. The van der Waals surface area contributed by atoms with Gasteiger partial charge in [0.25, 0.3) is 11.8 Å². The number of amides is 2. The number of likely N-dealkylation sites (tertiary alicyclic amines) is 2. The Hall–Kier alpha value is -1.66. The Kier molecular flexibility index (Phi) is 3.13. The molecule has 4 aliphatic rings. The van der Waals surface area contributed by atoms with Crippen LogP contribution in [0.2, 0.25) is 0 Å². The molecule has 0 N–H and O–H groups in total. The first-order valence-electron chi connectivity index (χ1n) is 8.10. The number of halogens is 1. The Labute approximate surface area is 128 Å². The van der Waals surface area contributed by atoms with Crippen LogP contribution < -0.4 is 0 Å². The van der Waals surface area contributed by atoms with Crippen LogP contribution in [0.5, 0.6) is 0 Å². The molecule has 0 unspecified atom stereocenters. The molecule has 2 saturated heterocycles. The number of rotatable bonds is 2. The number of carbonyl (C=O) groups excluding carboxylic acids is 2. The Balaban J connectivity index is 1.44. The van der Waals surface area contributed by atoms with Crippen molar-refractivity contribution in [1.82, 2.24) is 9.80 Å². The zero-order valence-electron chi connectivity index (χ0n) is 12.5. The Morgan fingerprint density at radius 3 is 2.50 bits per heavy atom. The van der Waals surface area contributed by atoms with Gasteiger partial charge in [-0.3, -0.25) is 9.59 Å².